The molecule has 1 fully saturated rings. The first-order chi connectivity index (χ1) is 21.3. The number of rotatable bonds is 7. The van der Waals surface area contributed by atoms with Crippen molar-refractivity contribution in [3.05, 3.63) is 58.7 Å². The molecule has 4 bridgehead atoms. The molecular formula is C35H46NO10-. The molecule has 1 saturated carbocycles. The molecule has 1 aromatic rings. The summed E-state index contributed by atoms with van der Waals surface area (Å²) in [6, 6.07) is 7.40. The SMILES string of the molecule is CC(=O)OC1CC2C(OC(C)=O)C=C3CC(C)(C(=O)C(O)C(=C1C)C2(C)C)C(O)CC3C(O)(C(=O)[O-])C(c1ccccc1)N(C)C. The smallest absolute Gasteiger partial charge is 0.303 e. The normalized spacial score (nSPS) is 33.0. The second kappa shape index (κ2) is 12.7. The van der Waals surface area contributed by atoms with Crippen molar-refractivity contribution in [2.45, 2.75) is 96.9 Å². The van der Waals surface area contributed by atoms with Crippen molar-refractivity contribution < 1.29 is 49.1 Å². The van der Waals surface area contributed by atoms with Crippen LogP contribution in [0.25, 0.3) is 0 Å². The average Bonchev–Trinajstić information content (AvgIpc) is 2.94. The largest absolute Gasteiger partial charge is 0.547 e. The van der Waals surface area contributed by atoms with Crippen molar-refractivity contribution in [1.82, 2.24) is 4.90 Å². The lowest BCUT2D eigenvalue weighted by Crippen LogP contribution is -2.64. The van der Waals surface area contributed by atoms with E-state index >= 15 is 0 Å². The molecule has 0 amide bonds. The zero-order valence-corrected chi connectivity index (χ0v) is 27.8. The fourth-order valence-electron chi connectivity index (χ4n) is 8.33. The van der Waals surface area contributed by atoms with Crippen molar-refractivity contribution in [3.63, 3.8) is 0 Å². The number of esters is 2. The van der Waals surface area contributed by atoms with Crippen LogP contribution in [0.5, 0.6) is 0 Å². The Labute approximate surface area is 269 Å². The number of likely N-dealkylation sites (N-methyl/N-ethyl adjacent to an activating group) is 1. The lowest BCUT2D eigenvalue weighted by atomic mass is 9.54. The van der Waals surface area contributed by atoms with Gasteiger partial charge in [-0.1, -0.05) is 49.8 Å². The lowest BCUT2D eigenvalue weighted by Gasteiger charge is -2.54. The van der Waals surface area contributed by atoms with E-state index in [4.69, 9.17) is 9.47 Å². The maximum Gasteiger partial charge on any atom is 0.303 e. The summed E-state index contributed by atoms with van der Waals surface area (Å²) in [6.45, 7) is 9.27. The van der Waals surface area contributed by atoms with Gasteiger partial charge in [-0.05, 0) is 75.4 Å². The van der Waals surface area contributed by atoms with E-state index in [1.54, 1.807) is 76.2 Å². The number of nitrogens with zero attached hydrogens (tertiary/aromatic N) is 1. The van der Waals surface area contributed by atoms with Crippen LogP contribution in [-0.2, 0) is 28.7 Å². The van der Waals surface area contributed by atoms with Gasteiger partial charge >= 0.3 is 11.9 Å². The molecule has 3 aliphatic rings. The molecule has 0 spiro atoms. The fraction of sp³-hybridized carbons (Fsp3) is 0.600. The van der Waals surface area contributed by atoms with Crippen molar-refractivity contribution in [3.8, 4) is 0 Å². The summed E-state index contributed by atoms with van der Waals surface area (Å²) in [5, 5.41) is 49.0. The molecular weight excluding hydrogens is 594 g/mol. The van der Waals surface area contributed by atoms with Crippen molar-refractivity contribution in [2.24, 2.45) is 22.7 Å². The first kappa shape index (κ1) is 35.5. The van der Waals surface area contributed by atoms with Crippen LogP contribution in [0.15, 0.2) is 53.1 Å². The zero-order chi connectivity index (χ0) is 34.5. The predicted molar refractivity (Wildman–Crippen MR) is 164 cm³/mol. The Balaban J connectivity index is 2.04. The van der Waals surface area contributed by atoms with Gasteiger partial charge in [-0.25, -0.2) is 0 Å². The number of carbonyl (C=O) groups excluding carboxylic acids is 4. The van der Waals surface area contributed by atoms with E-state index in [9.17, 15) is 39.6 Å². The third-order valence-corrected chi connectivity index (χ3v) is 10.6. The van der Waals surface area contributed by atoms with Crippen LogP contribution in [-0.4, -0.2) is 88.0 Å². The number of ether oxygens (including phenoxy) is 2. The fourth-order valence-corrected chi connectivity index (χ4v) is 8.33. The Morgan fingerprint density at radius 3 is 2.13 bits per heavy atom. The molecule has 11 heteroatoms. The highest BCUT2D eigenvalue weighted by molar-refractivity contribution is 5.93. The first-order valence-corrected chi connectivity index (χ1v) is 15.6. The van der Waals surface area contributed by atoms with Crippen LogP contribution in [0.1, 0.15) is 72.4 Å². The van der Waals surface area contributed by atoms with Crippen molar-refractivity contribution in [1.29, 1.82) is 0 Å². The summed E-state index contributed by atoms with van der Waals surface area (Å²) in [4.78, 5) is 53.7. The molecule has 0 heterocycles. The van der Waals surface area contributed by atoms with Gasteiger partial charge in [0.25, 0.3) is 0 Å². The van der Waals surface area contributed by atoms with Gasteiger partial charge in [-0.2, -0.15) is 0 Å². The number of aliphatic hydroxyl groups is 3. The first-order valence-electron chi connectivity index (χ1n) is 15.6. The maximum atomic E-state index is 14.3. The van der Waals surface area contributed by atoms with E-state index in [1.165, 1.54) is 20.8 Å². The monoisotopic (exact) mass is 640 g/mol. The second-order valence-corrected chi connectivity index (χ2v) is 14.1. The number of ketones is 1. The van der Waals surface area contributed by atoms with Crippen molar-refractivity contribution in [2.75, 3.05) is 14.1 Å². The van der Waals surface area contributed by atoms with Gasteiger partial charge in [0.2, 0.25) is 0 Å². The van der Waals surface area contributed by atoms with Crippen LogP contribution < -0.4 is 5.11 Å². The molecule has 252 valence electrons. The van der Waals surface area contributed by atoms with E-state index in [-0.39, 0.29) is 24.8 Å². The number of aliphatic carboxylic acids is 1. The molecule has 0 aliphatic heterocycles. The Hall–Kier alpha value is -3.38. The molecule has 9 unspecified atom stereocenters. The zero-order valence-electron chi connectivity index (χ0n) is 27.8. The molecule has 0 saturated heterocycles. The van der Waals surface area contributed by atoms with Gasteiger partial charge in [-0.15, -0.1) is 0 Å². The summed E-state index contributed by atoms with van der Waals surface area (Å²) in [5.41, 5.74) is -3.70. The number of carboxylic acid groups (broad SMARTS) is 1. The minimum atomic E-state index is -2.63. The summed E-state index contributed by atoms with van der Waals surface area (Å²) < 4.78 is 11.5. The van der Waals surface area contributed by atoms with Crippen LogP contribution in [0, 0.1) is 22.7 Å². The molecule has 3 aliphatic carbocycles. The topological polar surface area (TPSA) is 174 Å². The van der Waals surface area contributed by atoms with Gasteiger partial charge in [0, 0.05) is 25.7 Å². The van der Waals surface area contributed by atoms with Gasteiger partial charge < -0.3 is 34.7 Å². The Kier molecular flexibility index (Phi) is 9.77. The Bertz CT molecular complexity index is 1450. The quantitative estimate of drug-likeness (QED) is 0.292. The molecule has 0 radical (unpaired) electrons. The van der Waals surface area contributed by atoms with Gasteiger partial charge in [0.05, 0.1) is 23.5 Å². The standard InChI is InChI=1S/C35H47NO10/c1-18-25(45-19(2)37)15-24-26(46-20(3)38)14-22-17-34(6,31(41)29(40)28(18)33(24,4)5)27(39)16-23(22)35(44,32(42)43)30(36(7)8)21-12-10-9-11-13-21/h9-14,23-27,29-30,39-40,44H,15-17H2,1-8H3,(H,42,43)/p-1. The van der Waals surface area contributed by atoms with Gasteiger partial charge in [0.1, 0.15) is 23.9 Å². The lowest BCUT2D eigenvalue weighted by molar-refractivity contribution is -0.333. The van der Waals surface area contributed by atoms with Gasteiger partial charge in [0.15, 0.2) is 5.78 Å². The van der Waals surface area contributed by atoms with E-state index in [2.05, 4.69) is 0 Å². The number of hydrogen-bond acceptors (Lipinski definition) is 11. The maximum absolute atomic E-state index is 14.3. The van der Waals surface area contributed by atoms with Crippen LogP contribution >= 0.6 is 0 Å². The average molecular weight is 641 g/mol. The number of fused-ring (bicyclic) bond motifs is 4. The Morgan fingerprint density at radius 2 is 1.61 bits per heavy atom. The number of carbonyl (C=O) groups is 4. The minimum Gasteiger partial charge on any atom is -0.547 e. The number of Topliss-reactive ketones (excluding diaryl/α,β-unsaturated/α-hetero) is 1. The molecule has 0 aromatic heterocycles. The predicted octanol–water partition coefficient (Wildman–Crippen LogP) is 1.64. The highest BCUT2D eigenvalue weighted by atomic mass is 16.5. The number of hydrogen-bond donors (Lipinski definition) is 3. The second-order valence-electron chi connectivity index (χ2n) is 14.1. The van der Waals surface area contributed by atoms with Crippen LogP contribution in [0.3, 0.4) is 0 Å². The molecule has 46 heavy (non-hydrogen) atoms. The van der Waals surface area contributed by atoms with E-state index < -0.39 is 82.4 Å². The van der Waals surface area contributed by atoms with E-state index in [1.807, 2.05) is 0 Å². The number of benzene rings is 1. The third-order valence-electron chi connectivity index (χ3n) is 10.6. The van der Waals surface area contributed by atoms with Gasteiger partial charge in [-0.3, -0.25) is 19.3 Å². The van der Waals surface area contributed by atoms with Crippen LogP contribution in [0.2, 0.25) is 0 Å². The molecule has 4 rings (SSSR count). The summed E-state index contributed by atoms with van der Waals surface area (Å²) in [7, 11) is 3.24. The number of aliphatic hydroxyl groups excluding tert-OH is 2. The van der Waals surface area contributed by atoms with E-state index in [0.29, 0.717) is 16.7 Å². The van der Waals surface area contributed by atoms with E-state index in [0.717, 1.165) is 0 Å². The Morgan fingerprint density at radius 1 is 1.02 bits per heavy atom. The highest BCUT2D eigenvalue weighted by Gasteiger charge is 2.59. The summed E-state index contributed by atoms with van der Waals surface area (Å²) in [6.07, 6.45) is -3.95. The molecule has 1 aromatic carbocycles. The molecule has 9 atom stereocenters. The third kappa shape index (κ3) is 5.94. The summed E-state index contributed by atoms with van der Waals surface area (Å²) >= 11 is 0. The number of carboxylic acids is 1. The minimum absolute atomic E-state index is 0.171. The molecule has 11 nitrogen and oxygen atoms in total. The van der Waals surface area contributed by atoms with Crippen molar-refractivity contribution >= 4 is 23.7 Å². The molecule has 3 N–H and O–H groups in total. The van der Waals surface area contributed by atoms with Crippen LogP contribution in [0.4, 0.5) is 0 Å². The highest BCUT2D eigenvalue weighted by Crippen LogP contribution is 2.56. The summed E-state index contributed by atoms with van der Waals surface area (Å²) in [5.74, 6) is -5.64.